The first kappa shape index (κ1) is 22.0. The number of carbonyl (C=O) groups is 1. The summed E-state index contributed by atoms with van der Waals surface area (Å²) in [5.74, 6) is 1.76. The van der Waals surface area contributed by atoms with Crippen molar-refractivity contribution < 1.29 is 4.79 Å². The SMILES string of the molecule is CCC(C)CN1CCN(c2ccc(Nc3ncc4cc(C(=O)N(C)C)[nH]c4n3)nc2)CC1. The summed E-state index contributed by atoms with van der Waals surface area (Å²) in [4.78, 5) is 35.0. The van der Waals surface area contributed by atoms with Crippen LogP contribution in [0.15, 0.2) is 30.6 Å². The van der Waals surface area contributed by atoms with Crippen LogP contribution in [0.1, 0.15) is 30.8 Å². The Morgan fingerprint density at radius 2 is 1.97 bits per heavy atom. The summed E-state index contributed by atoms with van der Waals surface area (Å²) in [6.45, 7) is 9.98. The fraction of sp³-hybridized carbons (Fsp3) is 0.478. The predicted octanol–water partition coefficient (Wildman–Crippen LogP) is 2.97. The molecule has 170 valence electrons. The fourth-order valence-corrected chi connectivity index (χ4v) is 3.85. The van der Waals surface area contributed by atoms with Gasteiger partial charge in [-0.2, -0.15) is 4.98 Å². The number of aromatic amines is 1. The predicted molar refractivity (Wildman–Crippen MR) is 128 cm³/mol. The zero-order chi connectivity index (χ0) is 22.7. The molecule has 1 amide bonds. The molecule has 1 fully saturated rings. The van der Waals surface area contributed by atoms with Gasteiger partial charge in [-0.15, -0.1) is 0 Å². The average molecular weight is 437 g/mol. The van der Waals surface area contributed by atoms with Gasteiger partial charge in [0.2, 0.25) is 5.95 Å². The summed E-state index contributed by atoms with van der Waals surface area (Å²) in [5, 5.41) is 3.94. The highest BCUT2D eigenvalue weighted by Gasteiger charge is 2.19. The molecule has 3 aromatic rings. The Morgan fingerprint density at radius 3 is 2.62 bits per heavy atom. The first-order valence-corrected chi connectivity index (χ1v) is 11.2. The molecule has 2 N–H and O–H groups in total. The highest BCUT2D eigenvalue weighted by atomic mass is 16.2. The van der Waals surface area contributed by atoms with Crippen LogP contribution in [0.3, 0.4) is 0 Å². The van der Waals surface area contributed by atoms with Gasteiger partial charge in [0, 0.05) is 58.4 Å². The Hall–Kier alpha value is -3.20. The molecule has 32 heavy (non-hydrogen) atoms. The highest BCUT2D eigenvalue weighted by Crippen LogP contribution is 2.20. The quantitative estimate of drug-likeness (QED) is 0.588. The number of hydrogen-bond acceptors (Lipinski definition) is 7. The van der Waals surface area contributed by atoms with E-state index < -0.39 is 0 Å². The smallest absolute Gasteiger partial charge is 0.269 e. The van der Waals surface area contributed by atoms with E-state index >= 15 is 0 Å². The van der Waals surface area contributed by atoms with Crippen molar-refractivity contribution in [1.29, 1.82) is 0 Å². The number of anilines is 3. The molecule has 9 heteroatoms. The van der Waals surface area contributed by atoms with Gasteiger partial charge in [-0.05, 0) is 24.1 Å². The molecule has 1 unspecified atom stereocenters. The van der Waals surface area contributed by atoms with Gasteiger partial charge < -0.3 is 20.1 Å². The van der Waals surface area contributed by atoms with Crippen LogP contribution in [0.4, 0.5) is 17.5 Å². The number of aromatic nitrogens is 4. The minimum atomic E-state index is -0.101. The van der Waals surface area contributed by atoms with Gasteiger partial charge in [0.25, 0.3) is 5.91 Å². The van der Waals surface area contributed by atoms with Gasteiger partial charge in [0.1, 0.15) is 17.2 Å². The molecule has 4 heterocycles. The monoisotopic (exact) mass is 436 g/mol. The number of H-pyrrole nitrogens is 1. The zero-order valence-corrected chi connectivity index (χ0v) is 19.3. The van der Waals surface area contributed by atoms with Crippen LogP contribution in [0.25, 0.3) is 11.0 Å². The van der Waals surface area contributed by atoms with Crippen molar-refractivity contribution in [2.45, 2.75) is 20.3 Å². The molecular formula is C23H32N8O. The van der Waals surface area contributed by atoms with Crippen molar-refractivity contribution in [3.63, 3.8) is 0 Å². The summed E-state index contributed by atoms with van der Waals surface area (Å²) < 4.78 is 0. The molecule has 1 saturated heterocycles. The second kappa shape index (κ2) is 9.52. The van der Waals surface area contributed by atoms with E-state index in [1.165, 1.54) is 17.9 Å². The van der Waals surface area contributed by atoms with Crippen LogP contribution in [0.5, 0.6) is 0 Å². The Morgan fingerprint density at radius 1 is 1.19 bits per heavy atom. The lowest BCUT2D eigenvalue weighted by molar-refractivity contribution is 0.0823. The van der Waals surface area contributed by atoms with Crippen molar-refractivity contribution in [2.75, 3.05) is 57.0 Å². The lowest BCUT2D eigenvalue weighted by atomic mass is 10.1. The van der Waals surface area contributed by atoms with Crippen molar-refractivity contribution in [3.05, 3.63) is 36.3 Å². The van der Waals surface area contributed by atoms with Gasteiger partial charge in [-0.3, -0.25) is 9.69 Å². The Kier molecular flexibility index (Phi) is 6.55. The molecule has 1 aliphatic heterocycles. The minimum absolute atomic E-state index is 0.101. The van der Waals surface area contributed by atoms with Gasteiger partial charge in [-0.1, -0.05) is 20.3 Å². The van der Waals surface area contributed by atoms with E-state index in [-0.39, 0.29) is 5.91 Å². The summed E-state index contributed by atoms with van der Waals surface area (Å²) in [7, 11) is 3.43. The van der Waals surface area contributed by atoms with Crippen LogP contribution >= 0.6 is 0 Å². The maximum atomic E-state index is 12.1. The lowest BCUT2D eigenvalue weighted by Gasteiger charge is -2.37. The van der Waals surface area contributed by atoms with Crippen molar-refractivity contribution in [2.24, 2.45) is 5.92 Å². The third kappa shape index (κ3) is 4.99. The fourth-order valence-electron chi connectivity index (χ4n) is 3.85. The summed E-state index contributed by atoms with van der Waals surface area (Å²) in [6.07, 6.45) is 4.82. The van der Waals surface area contributed by atoms with Crippen LogP contribution in [0, 0.1) is 5.92 Å². The summed E-state index contributed by atoms with van der Waals surface area (Å²) in [5.41, 5.74) is 2.23. The maximum Gasteiger partial charge on any atom is 0.269 e. The molecular weight excluding hydrogens is 404 g/mol. The first-order valence-electron chi connectivity index (χ1n) is 11.2. The van der Waals surface area contributed by atoms with Crippen molar-refractivity contribution in [1.82, 2.24) is 29.7 Å². The van der Waals surface area contributed by atoms with E-state index in [1.54, 1.807) is 26.4 Å². The van der Waals surface area contributed by atoms with E-state index in [1.807, 2.05) is 12.3 Å². The van der Waals surface area contributed by atoms with Gasteiger partial charge >= 0.3 is 0 Å². The highest BCUT2D eigenvalue weighted by molar-refractivity contribution is 5.97. The molecule has 0 radical (unpaired) electrons. The first-order chi connectivity index (χ1) is 15.4. The number of nitrogens with one attached hydrogen (secondary N) is 2. The topological polar surface area (TPSA) is 93.3 Å². The second-order valence-electron chi connectivity index (χ2n) is 8.71. The van der Waals surface area contributed by atoms with Crippen LogP contribution < -0.4 is 10.2 Å². The summed E-state index contributed by atoms with van der Waals surface area (Å²) >= 11 is 0. The second-order valence-corrected chi connectivity index (χ2v) is 8.71. The molecule has 0 aromatic carbocycles. The third-order valence-corrected chi connectivity index (χ3v) is 6.00. The number of nitrogens with zero attached hydrogens (tertiary/aromatic N) is 6. The summed E-state index contributed by atoms with van der Waals surface area (Å²) in [6, 6.07) is 5.79. The Labute approximate surface area is 188 Å². The minimum Gasteiger partial charge on any atom is -0.368 e. The molecule has 0 bridgehead atoms. The number of fused-ring (bicyclic) bond motifs is 1. The van der Waals surface area contributed by atoms with E-state index in [9.17, 15) is 4.79 Å². The van der Waals surface area contributed by atoms with Crippen LogP contribution in [0.2, 0.25) is 0 Å². The van der Waals surface area contributed by atoms with E-state index in [2.05, 4.69) is 55.0 Å². The molecule has 9 nitrogen and oxygen atoms in total. The number of rotatable bonds is 7. The average Bonchev–Trinajstić information content (AvgIpc) is 3.23. The number of pyridine rings is 1. The zero-order valence-electron chi connectivity index (χ0n) is 19.3. The van der Waals surface area contributed by atoms with Gasteiger partial charge in [-0.25, -0.2) is 9.97 Å². The molecule has 1 aliphatic rings. The number of carbonyl (C=O) groups excluding carboxylic acids is 1. The van der Waals surface area contributed by atoms with E-state index in [0.29, 0.717) is 23.1 Å². The molecule has 0 aliphatic carbocycles. The lowest BCUT2D eigenvalue weighted by Crippen LogP contribution is -2.47. The standard InChI is InChI=1S/C23H32N8O/c1-5-16(2)15-30-8-10-31(11-9-30)18-6-7-20(24-14-18)27-23-25-13-17-12-19(22(32)29(3)4)26-21(17)28-23/h6-7,12-14,16H,5,8-11,15H2,1-4H3,(H2,24,25,26,27,28). The van der Waals surface area contributed by atoms with Gasteiger partial charge in [0.15, 0.2) is 0 Å². The number of hydrogen-bond donors (Lipinski definition) is 2. The Balaban J connectivity index is 1.37. The molecule has 4 rings (SSSR count). The van der Waals surface area contributed by atoms with Gasteiger partial charge in [0.05, 0.1) is 11.9 Å². The van der Waals surface area contributed by atoms with E-state index in [4.69, 9.17) is 0 Å². The van der Waals surface area contributed by atoms with Crippen LogP contribution in [-0.2, 0) is 0 Å². The molecule has 3 aromatic heterocycles. The molecule has 1 atom stereocenters. The number of piperazine rings is 1. The number of amides is 1. The largest absolute Gasteiger partial charge is 0.368 e. The molecule has 0 saturated carbocycles. The molecule has 0 spiro atoms. The Bertz CT molecular complexity index is 1050. The van der Waals surface area contributed by atoms with Crippen LogP contribution in [-0.4, -0.2) is 82.5 Å². The maximum absolute atomic E-state index is 12.1. The third-order valence-electron chi connectivity index (χ3n) is 6.00. The van der Waals surface area contributed by atoms with Crippen molar-refractivity contribution >= 4 is 34.4 Å². The van der Waals surface area contributed by atoms with Crippen molar-refractivity contribution in [3.8, 4) is 0 Å². The normalized spacial score (nSPS) is 15.7. The van der Waals surface area contributed by atoms with E-state index in [0.717, 1.165) is 43.2 Å².